The third kappa shape index (κ3) is 9.36. The summed E-state index contributed by atoms with van der Waals surface area (Å²) in [7, 11) is 0.378. The Morgan fingerprint density at radius 1 is 1.10 bits per heavy atom. The molecule has 2 aromatic carbocycles. The number of rotatable bonds is 8. The van der Waals surface area contributed by atoms with Crippen molar-refractivity contribution in [1.82, 2.24) is 4.90 Å². The highest BCUT2D eigenvalue weighted by Crippen LogP contribution is 2.31. The number of benzene rings is 2. The van der Waals surface area contributed by atoms with Crippen molar-refractivity contribution >= 4 is 58.3 Å². The van der Waals surface area contributed by atoms with E-state index in [2.05, 4.69) is 9.89 Å². The summed E-state index contributed by atoms with van der Waals surface area (Å²) in [5.74, 6) is 0.411. The first-order valence-electron chi connectivity index (χ1n) is 8.60. The summed E-state index contributed by atoms with van der Waals surface area (Å²) < 4.78 is 30.1. The smallest absolute Gasteiger partial charge is 0.280 e. The van der Waals surface area contributed by atoms with Gasteiger partial charge in [-0.25, -0.2) is 8.42 Å². The second-order valence-electron chi connectivity index (χ2n) is 6.50. The van der Waals surface area contributed by atoms with E-state index in [4.69, 9.17) is 16.2 Å². The van der Waals surface area contributed by atoms with Gasteiger partial charge in [0.05, 0.1) is 0 Å². The summed E-state index contributed by atoms with van der Waals surface area (Å²) in [6, 6.07) is 11.4. The molecular formula is C19H26Cl2N4O4S2. The Hall–Kier alpha value is -1.98. The molecule has 0 fully saturated rings. The number of sulfone groups is 1. The number of aliphatic imine (C=N–C) groups is 1. The maximum atomic E-state index is 12.2. The van der Waals surface area contributed by atoms with Gasteiger partial charge in [0.1, 0.15) is 16.4 Å². The van der Waals surface area contributed by atoms with Crippen LogP contribution in [0.1, 0.15) is 10.4 Å². The number of guanidine groups is 1. The predicted molar refractivity (Wildman–Crippen MR) is 130 cm³/mol. The van der Waals surface area contributed by atoms with E-state index < -0.39 is 21.7 Å². The van der Waals surface area contributed by atoms with Gasteiger partial charge in [-0.3, -0.25) is 4.79 Å². The fraction of sp³-hybridized carbons (Fsp3) is 0.263. The zero-order chi connectivity index (χ0) is 21.6. The van der Waals surface area contributed by atoms with E-state index in [9.17, 15) is 13.2 Å². The van der Waals surface area contributed by atoms with Gasteiger partial charge in [0.2, 0.25) is 0 Å². The molecular weight excluding hydrogens is 483 g/mol. The second kappa shape index (κ2) is 12.8. The van der Waals surface area contributed by atoms with Gasteiger partial charge in [-0.2, -0.15) is 4.99 Å². The molecule has 172 valence electrons. The Balaban J connectivity index is 0.00000450. The van der Waals surface area contributed by atoms with E-state index in [1.165, 1.54) is 18.2 Å². The maximum Gasteiger partial charge on any atom is 0.280 e. The highest BCUT2D eigenvalue weighted by atomic mass is 35.5. The van der Waals surface area contributed by atoms with Gasteiger partial charge in [-0.05, 0) is 56.6 Å². The normalized spacial score (nSPS) is 10.6. The average molecular weight is 509 g/mol. The molecule has 12 heteroatoms. The molecule has 8 nitrogen and oxygen atoms in total. The van der Waals surface area contributed by atoms with Crippen molar-refractivity contribution in [3.8, 4) is 11.5 Å². The number of carbonyl (C=O) groups excluding carboxylic acids is 1. The molecule has 1 amide bonds. The Morgan fingerprint density at radius 3 is 2.23 bits per heavy atom. The Morgan fingerprint density at radius 2 is 1.71 bits per heavy atom. The molecule has 0 aliphatic carbocycles. The largest absolute Gasteiger partial charge is 0.456 e. The molecule has 4 N–H and O–H groups in total. The van der Waals surface area contributed by atoms with Crippen LogP contribution in [0.2, 0.25) is 0 Å². The molecule has 0 bridgehead atoms. The number of amides is 1. The molecule has 0 aliphatic heterocycles. The van der Waals surface area contributed by atoms with Crippen LogP contribution in [0.15, 0.2) is 57.2 Å². The Labute approximate surface area is 199 Å². The first-order chi connectivity index (χ1) is 13.6. The zero-order valence-electron chi connectivity index (χ0n) is 17.3. The number of thioether (sulfide) groups is 1. The lowest BCUT2D eigenvalue weighted by Crippen LogP contribution is -2.24. The van der Waals surface area contributed by atoms with Gasteiger partial charge in [0.25, 0.3) is 5.91 Å². The van der Waals surface area contributed by atoms with Crippen LogP contribution in [0, 0.1) is 0 Å². The van der Waals surface area contributed by atoms with E-state index in [1.54, 1.807) is 23.9 Å². The fourth-order valence-electron chi connectivity index (χ4n) is 2.27. The van der Waals surface area contributed by atoms with Crippen molar-refractivity contribution in [3.63, 3.8) is 0 Å². The molecule has 31 heavy (non-hydrogen) atoms. The van der Waals surface area contributed by atoms with Crippen LogP contribution in [0.25, 0.3) is 0 Å². The van der Waals surface area contributed by atoms with Crippen molar-refractivity contribution < 1.29 is 17.9 Å². The van der Waals surface area contributed by atoms with Crippen LogP contribution in [0.4, 0.5) is 0 Å². The summed E-state index contributed by atoms with van der Waals surface area (Å²) in [5.41, 5.74) is 10.4. The summed E-state index contributed by atoms with van der Waals surface area (Å²) in [4.78, 5) is 18.5. The molecule has 2 rings (SSSR count). The quantitative estimate of drug-likeness (QED) is 0.316. The summed E-state index contributed by atoms with van der Waals surface area (Å²) in [5, 5.41) is 0. The summed E-state index contributed by atoms with van der Waals surface area (Å²) >= 11 is 1.72. The Bertz CT molecular complexity index is 1010. The van der Waals surface area contributed by atoms with Crippen LogP contribution in [-0.4, -0.2) is 57.8 Å². The van der Waals surface area contributed by atoms with E-state index in [-0.39, 0.29) is 41.0 Å². The monoisotopic (exact) mass is 508 g/mol. The van der Waals surface area contributed by atoms with Gasteiger partial charge in [0.15, 0.2) is 15.8 Å². The highest BCUT2D eigenvalue weighted by molar-refractivity contribution is 7.99. The van der Waals surface area contributed by atoms with Crippen molar-refractivity contribution in [2.24, 2.45) is 16.5 Å². The minimum Gasteiger partial charge on any atom is -0.456 e. The lowest BCUT2D eigenvalue weighted by Gasteiger charge is -2.12. The van der Waals surface area contributed by atoms with Gasteiger partial charge < -0.3 is 21.1 Å². The van der Waals surface area contributed by atoms with Crippen molar-refractivity contribution in [2.75, 3.05) is 32.6 Å². The van der Waals surface area contributed by atoms with E-state index in [0.29, 0.717) is 5.75 Å². The summed E-state index contributed by atoms with van der Waals surface area (Å²) in [6.07, 6.45) is 1.04. The van der Waals surface area contributed by atoms with Crippen LogP contribution >= 0.6 is 36.6 Å². The van der Waals surface area contributed by atoms with Crippen molar-refractivity contribution in [1.29, 1.82) is 0 Å². The minimum absolute atomic E-state index is 0. The van der Waals surface area contributed by atoms with Crippen LogP contribution < -0.4 is 16.2 Å². The first kappa shape index (κ1) is 29.0. The number of ether oxygens (including phenoxy) is 1. The molecule has 0 saturated heterocycles. The van der Waals surface area contributed by atoms with Crippen molar-refractivity contribution in [2.45, 2.75) is 9.79 Å². The predicted octanol–water partition coefficient (Wildman–Crippen LogP) is 2.79. The number of hydrogen-bond donors (Lipinski definition) is 2. The van der Waals surface area contributed by atoms with Gasteiger partial charge in [-0.1, -0.05) is 0 Å². The molecule has 0 unspecified atom stereocenters. The van der Waals surface area contributed by atoms with Crippen molar-refractivity contribution in [3.05, 3.63) is 48.0 Å². The lowest BCUT2D eigenvalue weighted by molar-refractivity contribution is 0.100. The SMILES string of the molecule is CN(C)CCSc1ccc(Oc2ccc(C(=O)N=C(N)N)cc2S(C)(=O)=O)cc1.Cl.Cl. The third-order valence-electron chi connectivity index (χ3n) is 3.68. The fourth-order valence-corrected chi connectivity index (χ4v) is 4.11. The van der Waals surface area contributed by atoms with E-state index >= 15 is 0 Å². The lowest BCUT2D eigenvalue weighted by atomic mass is 10.2. The van der Waals surface area contributed by atoms with Crippen LogP contribution in [0.3, 0.4) is 0 Å². The third-order valence-corrected chi connectivity index (χ3v) is 5.79. The number of nitrogens with two attached hydrogens (primary N) is 2. The second-order valence-corrected chi connectivity index (χ2v) is 9.65. The number of nitrogens with zero attached hydrogens (tertiary/aromatic N) is 2. The van der Waals surface area contributed by atoms with Gasteiger partial charge in [0, 0.05) is 29.0 Å². The molecule has 0 spiro atoms. The standard InChI is InChI=1S/C19H24N4O4S2.2ClH/c1-23(2)10-11-28-15-7-5-14(6-8-15)27-16-9-4-13(18(24)22-19(20)21)12-17(16)29(3,25)26;;/h4-9,12H,10-11H2,1-3H3,(H4,20,21,22,24);2*1H. The summed E-state index contributed by atoms with van der Waals surface area (Å²) in [6.45, 7) is 0.964. The van der Waals surface area contributed by atoms with Crippen LogP contribution in [0.5, 0.6) is 11.5 Å². The maximum absolute atomic E-state index is 12.2. The first-order valence-corrected chi connectivity index (χ1v) is 11.5. The molecule has 0 heterocycles. The molecule has 0 saturated carbocycles. The molecule has 2 aromatic rings. The number of hydrogen-bond acceptors (Lipinski definition) is 6. The highest BCUT2D eigenvalue weighted by Gasteiger charge is 2.18. The topological polar surface area (TPSA) is 128 Å². The molecule has 0 atom stereocenters. The number of halogens is 2. The average Bonchev–Trinajstić information content (AvgIpc) is 2.61. The van der Waals surface area contributed by atoms with E-state index in [0.717, 1.165) is 23.4 Å². The van der Waals surface area contributed by atoms with E-state index in [1.807, 2.05) is 26.2 Å². The molecule has 0 radical (unpaired) electrons. The van der Waals surface area contributed by atoms with Gasteiger partial charge in [-0.15, -0.1) is 36.6 Å². The minimum atomic E-state index is -3.66. The zero-order valence-corrected chi connectivity index (χ0v) is 20.5. The Kier molecular flexibility index (Phi) is 12.0. The van der Waals surface area contributed by atoms with Crippen LogP contribution in [-0.2, 0) is 9.84 Å². The van der Waals surface area contributed by atoms with Gasteiger partial charge >= 0.3 is 0 Å². The number of carbonyl (C=O) groups is 1. The molecule has 0 aliphatic rings. The molecule has 0 aromatic heterocycles.